The molecule has 2 aromatic rings. The highest BCUT2D eigenvalue weighted by Crippen LogP contribution is 2.31. The van der Waals surface area contributed by atoms with E-state index in [1.165, 1.54) is 23.1 Å². The number of hydrogen-bond acceptors (Lipinski definition) is 17. The minimum Gasteiger partial charge on any atom is -0.479 e. The van der Waals surface area contributed by atoms with Crippen LogP contribution in [0.25, 0.3) is 0 Å². The lowest BCUT2D eigenvalue weighted by Gasteiger charge is -2.38. The van der Waals surface area contributed by atoms with Gasteiger partial charge in [-0.15, -0.1) is 0 Å². The van der Waals surface area contributed by atoms with Gasteiger partial charge in [0.25, 0.3) is 0 Å². The van der Waals surface area contributed by atoms with Crippen molar-refractivity contribution in [3.05, 3.63) is 47.5 Å². The number of carbonyl (C=O) groups excluding carboxylic acids is 4. The van der Waals surface area contributed by atoms with E-state index in [4.69, 9.17) is 28.4 Å². The minimum atomic E-state index is -1.96. The van der Waals surface area contributed by atoms with Crippen LogP contribution < -0.4 is 15.4 Å². The number of likely N-dealkylation sites (N-methyl/N-ethyl adjacent to an activating group) is 1. The lowest BCUT2D eigenvalue weighted by Crippen LogP contribution is -2.61. The SMILES string of the molecule is CC(C)c1ncc(C#CCCCC(=O)NCCOCCOCC(=O)Nc2cc(COC(=O)N(CCN(C)C)COCC(=O)C(C)(C)C)ccc2O[C@@H]2O[C@H](C(=O)O)[C@@H](O)[C@H](O)[C@H]2O)cn1. The Hall–Kier alpha value is -5.31. The number of benzene rings is 1. The highest BCUT2D eigenvalue weighted by Gasteiger charge is 2.48. The van der Waals surface area contributed by atoms with Gasteiger partial charge in [-0.1, -0.05) is 52.5 Å². The maximum atomic E-state index is 13.2. The summed E-state index contributed by atoms with van der Waals surface area (Å²) in [6, 6.07) is 4.19. The fourth-order valence-electron chi connectivity index (χ4n) is 5.50. The zero-order valence-electron chi connectivity index (χ0n) is 38.1. The van der Waals surface area contributed by atoms with Crippen LogP contribution in [0.3, 0.4) is 0 Å². The highest BCUT2D eigenvalue weighted by atomic mass is 16.7. The van der Waals surface area contributed by atoms with Crippen LogP contribution in [0.4, 0.5) is 10.5 Å². The van der Waals surface area contributed by atoms with Crippen molar-refractivity contribution in [3.8, 4) is 17.6 Å². The largest absolute Gasteiger partial charge is 0.479 e. The van der Waals surface area contributed by atoms with Gasteiger partial charge in [-0.25, -0.2) is 19.6 Å². The van der Waals surface area contributed by atoms with Crippen molar-refractivity contribution in [1.29, 1.82) is 0 Å². The third kappa shape index (κ3) is 19.4. The molecule has 3 rings (SSSR count). The molecule has 3 amide bonds. The summed E-state index contributed by atoms with van der Waals surface area (Å²) in [5.74, 6) is 4.29. The zero-order chi connectivity index (χ0) is 48.1. The first-order chi connectivity index (χ1) is 30.8. The van der Waals surface area contributed by atoms with Crippen LogP contribution in [-0.4, -0.2) is 174 Å². The summed E-state index contributed by atoms with van der Waals surface area (Å²) in [5, 5.41) is 45.8. The Labute approximate surface area is 379 Å². The van der Waals surface area contributed by atoms with Crippen molar-refractivity contribution in [2.75, 3.05) is 78.8 Å². The number of aromatic nitrogens is 2. The van der Waals surface area contributed by atoms with E-state index < -0.39 is 60.7 Å². The second-order valence-corrected chi connectivity index (χ2v) is 16.7. The Kier molecular flexibility index (Phi) is 22.6. The van der Waals surface area contributed by atoms with Gasteiger partial charge >= 0.3 is 12.1 Å². The van der Waals surface area contributed by atoms with Crippen LogP contribution in [0.15, 0.2) is 30.6 Å². The minimum absolute atomic E-state index is 0.0158. The molecule has 1 aromatic carbocycles. The number of aliphatic hydroxyl groups excluding tert-OH is 3. The highest BCUT2D eigenvalue weighted by molar-refractivity contribution is 5.93. The van der Waals surface area contributed by atoms with Crippen molar-refractivity contribution >= 4 is 35.3 Å². The molecule has 0 spiro atoms. The fourth-order valence-corrected chi connectivity index (χ4v) is 5.50. The summed E-state index contributed by atoms with van der Waals surface area (Å²) in [5.41, 5.74) is 0.410. The molecule has 5 atom stereocenters. The molecule has 1 aliphatic rings. The third-order valence-electron chi connectivity index (χ3n) is 9.43. The van der Waals surface area contributed by atoms with E-state index in [1.807, 2.05) is 32.8 Å². The van der Waals surface area contributed by atoms with Gasteiger partial charge in [0.1, 0.15) is 56.4 Å². The second kappa shape index (κ2) is 27.2. The van der Waals surface area contributed by atoms with Gasteiger partial charge in [0.05, 0.1) is 31.1 Å². The molecule has 0 bridgehead atoms. The number of carboxylic acid groups (broad SMARTS) is 1. The van der Waals surface area contributed by atoms with Gasteiger partial charge in [0.2, 0.25) is 18.1 Å². The molecule has 1 fully saturated rings. The molecule has 0 unspecified atom stereocenters. The third-order valence-corrected chi connectivity index (χ3v) is 9.43. The van der Waals surface area contributed by atoms with Gasteiger partial charge in [0, 0.05) is 56.2 Å². The van der Waals surface area contributed by atoms with Crippen molar-refractivity contribution in [3.63, 3.8) is 0 Å². The number of amides is 3. The van der Waals surface area contributed by atoms with Crippen LogP contribution in [0.5, 0.6) is 5.75 Å². The molecule has 21 heteroatoms. The fraction of sp³-hybridized carbons (Fsp3) is 0.614. The Morgan fingerprint density at radius 2 is 1.62 bits per heavy atom. The Morgan fingerprint density at radius 3 is 2.28 bits per heavy atom. The van der Waals surface area contributed by atoms with Gasteiger partial charge in [-0.3, -0.25) is 19.3 Å². The number of carboxylic acids is 1. The summed E-state index contributed by atoms with van der Waals surface area (Å²) in [7, 11) is 3.65. The maximum Gasteiger partial charge on any atom is 0.411 e. The Bertz CT molecular complexity index is 1910. The topological polar surface area (TPSA) is 278 Å². The first-order valence-corrected chi connectivity index (χ1v) is 21.2. The molecular weight excluding hydrogens is 853 g/mol. The van der Waals surface area contributed by atoms with E-state index in [2.05, 4.69) is 32.4 Å². The Balaban J connectivity index is 1.53. The summed E-state index contributed by atoms with van der Waals surface area (Å²) in [6.45, 7) is 9.41. The summed E-state index contributed by atoms with van der Waals surface area (Å²) < 4.78 is 33.0. The monoisotopic (exact) mass is 916 g/mol. The number of unbranched alkanes of at least 4 members (excludes halogenated alkanes) is 1. The molecule has 0 aliphatic carbocycles. The predicted molar refractivity (Wildman–Crippen MR) is 232 cm³/mol. The maximum absolute atomic E-state index is 13.2. The van der Waals surface area contributed by atoms with Crippen LogP contribution in [0.1, 0.15) is 76.8 Å². The molecule has 2 heterocycles. The van der Waals surface area contributed by atoms with E-state index >= 15 is 0 Å². The molecule has 1 saturated heterocycles. The first-order valence-electron chi connectivity index (χ1n) is 21.2. The van der Waals surface area contributed by atoms with Crippen molar-refractivity contribution < 1.29 is 72.8 Å². The zero-order valence-corrected chi connectivity index (χ0v) is 38.1. The quantitative estimate of drug-likeness (QED) is 0.0465. The van der Waals surface area contributed by atoms with Crippen molar-refractivity contribution in [2.24, 2.45) is 5.41 Å². The van der Waals surface area contributed by atoms with Crippen molar-refractivity contribution in [1.82, 2.24) is 25.1 Å². The van der Waals surface area contributed by atoms with Gasteiger partial charge < -0.3 is 64.4 Å². The number of aliphatic carboxylic acids is 1. The molecule has 0 radical (unpaired) electrons. The number of ether oxygens (including phenoxy) is 6. The molecule has 6 N–H and O–H groups in total. The second-order valence-electron chi connectivity index (χ2n) is 16.7. The molecule has 360 valence electrons. The number of aliphatic hydroxyl groups is 3. The van der Waals surface area contributed by atoms with Crippen LogP contribution >= 0.6 is 0 Å². The van der Waals surface area contributed by atoms with Gasteiger partial charge in [-0.2, -0.15) is 0 Å². The van der Waals surface area contributed by atoms with Crippen molar-refractivity contribution in [2.45, 2.75) is 97.1 Å². The summed E-state index contributed by atoms with van der Waals surface area (Å²) in [4.78, 5) is 74.2. The number of carbonyl (C=O) groups is 5. The number of nitrogens with one attached hydrogen (secondary N) is 2. The van der Waals surface area contributed by atoms with E-state index in [0.717, 1.165) is 5.82 Å². The van der Waals surface area contributed by atoms with E-state index in [-0.39, 0.29) is 81.9 Å². The van der Waals surface area contributed by atoms with E-state index in [1.54, 1.807) is 33.2 Å². The Morgan fingerprint density at radius 1 is 0.908 bits per heavy atom. The molecular formula is C44H64N6O15. The average Bonchev–Trinajstić information content (AvgIpc) is 3.25. The molecule has 0 saturated carbocycles. The normalized spacial score (nSPS) is 18.4. The van der Waals surface area contributed by atoms with Crippen LogP contribution in [0.2, 0.25) is 0 Å². The predicted octanol–water partition coefficient (Wildman–Crippen LogP) is 1.27. The number of nitrogens with zero attached hydrogens (tertiary/aromatic N) is 4. The first kappa shape index (κ1) is 54.0. The smallest absolute Gasteiger partial charge is 0.411 e. The standard InChI is InChI=1S/C44H64N6O15/c1-28(2)40-46-22-30(23-47-40)11-9-8-10-12-34(52)45-15-18-60-19-20-61-26-35(53)48-31-21-29(13-14-32(31)64-42-38(56)36(54)37(55)39(65-42)41(57)58)24-63-43(59)50(17-16-49(6)7)27-62-25-33(51)44(3,4)5/h13-14,21-23,28,36-39,42,54-56H,8,10,12,15-20,24-27H2,1-7H3,(H,45,52)(H,48,53)(H,57,58)/t36-,37-,38+,39-,42+/m0/s1. The summed E-state index contributed by atoms with van der Waals surface area (Å²) in [6.07, 6.45) is -5.51. The number of hydrogen-bond donors (Lipinski definition) is 6. The van der Waals surface area contributed by atoms with Crippen LogP contribution in [-0.2, 0) is 49.5 Å². The van der Waals surface area contributed by atoms with E-state index in [0.29, 0.717) is 36.9 Å². The number of rotatable bonds is 25. The number of Topliss-reactive ketones (excluding diaryl/α,β-unsaturated/α-hetero) is 1. The number of ketones is 1. The molecule has 1 aliphatic heterocycles. The molecule has 21 nitrogen and oxygen atoms in total. The average molecular weight is 917 g/mol. The lowest BCUT2D eigenvalue weighted by atomic mass is 9.91. The van der Waals surface area contributed by atoms with Gasteiger partial charge in [0.15, 0.2) is 11.9 Å². The molecule has 1 aromatic heterocycles. The van der Waals surface area contributed by atoms with E-state index in [9.17, 15) is 44.4 Å². The molecule has 65 heavy (non-hydrogen) atoms. The summed E-state index contributed by atoms with van der Waals surface area (Å²) >= 11 is 0. The van der Waals surface area contributed by atoms with Crippen LogP contribution in [0, 0.1) is 17.3 Å². The lowest BCUT2D eigenvalue weighted by molar-refractivity contribution is -0.271. The number of anilines is 1. The van der Waals surface area contributed by atoms with Gasteiger partial charge in [-0.05, 0) is 38.2 Å².